The number of hydrogen-bond acceptors (Lipinski definition) is 6. The van der Waals surface area contributed by atoms with E-state index < -0.39 is 5.25 Å². The second kappa shape index (κ2) is 8.86. The molecule has 0 radical (unpaired) electrons. The van der Waals surface area contributed by atoms with Gasteiger partial charge in [0.05, 0.1) is 20.7 Å². The highest BCUT2D eigenvalue weighted by Gasteiger charge is 2.25. The molecule has 1 aliphatic carbocycles. The van der Waals surface area contributed by atoms with E-state index in [4.69, 9.17) is 28.2 Å². The number of hydrogen-bond donors (Lipinski definition) is 1. The van der Waals surface area contributed by atoms with E-state index >= 15 is 0 Å². The molecule has 1 amide bonds. The smallest absolute Gasteiger partial charge is 0.263 e. The molecule has 1 N–H and O–H groups in total. The number of rotatable bonds is 6. The van der Waals surface area contributed by atoms with E-state index in [2.05, 4.69) is 10.3 Å². The number of carbonyl (C=O) groups excluding carboxylic acids is 1. The van der Waals surface area contributed by atoms with E-state index in [1.54, 1.807) is 22.8 Å². The highest BCUT2D eigenvalue weighted by Crippen LogP contribution is 2.36. The van der Waals surface area contributed by atoms with Gasteiger partial charge in [-0.05, 0) is 44.2 Å². The summed E-state index contributed by atoms with van der Waals surface area (Å²) < 4.78 is 1.70. The molecule has 3 aromatic rings. The Labute approximate surface area is 192 Å². The molecule has 0 aliphatic heterocycles. The summed E-state index contributed by atoms with van der Waals surface area (Å²) in [5, 5.41) is 4.20. The van der Waals surface area contributed by atoms with Crippen molar-refractivity contribution in [1.82, 2.24) is 14.5 Å². The maximum atomic E-state index is 13.3. The lowest BCUT2D eigenvalue weighted by atomic mass is 10.2. The lowest BCUT2D eigenvalue weighted by molar-refractivity contribution is -0.115. The Hall–Kier alpha value is -1.61. The minimum Gasteiger partial charge on any atom is -0.308 e. The Balaban J connectivity index is 1.63. The number of halogens is 2. The number of nitrogens with one attached hydrogen (secondary N) is 1. The second-order valence-electron chi connectivity index (χ2n) is 7.12. The second-order valence-corrected chi connectivity index (χ2v) is 10.4. The van der Waals surface area contributed by atoms with E-state index in [0.717, 1.165) is 35.9 Å². The van der Waals surface area contributed by atoms with Crippen LogP contribution in [0.15, 0.2) is 22.2 Å². The van der Waals surface area contributed by atoms with Crippen LogP contribution in [-0.4, -0.2) is 25.7 Å². The van der Waals surface area contributed by atoms with Crippen LogP contribution in [0.3, 0.4) is 0 Å². The normalized spacial score (nSPS) is 14.1. The molecule has 6 nitrogen and oxygen atoms in total. The summed E-state index contributed by atoms with van der Waals surface area (Å²) in [7, 11) is 0. The lowest BCUT2D eigenvalue weighted by Gasteiger charge is -2.15. The molecule has 0 unspecified atom stereocenters. The molecule has 3 aromatic heterocycles. The number of fused-ring (bicyclic) bond motifs is 3. The Morgan fingerprint density at radius 3 is 2.93 bits per heavy atom. The van der Waals surface area contributed by atoms with Gasteiger partial charge in [0.25, 0.3) is 5.56 Å². The standard InChI is InChI=1S/C20H20Cl2N4O2S2/c1-3-7-26-19(28)15-12-5-4-6-14(12)30-18(15)25-20(26)29-10(2)17(27)24-16-13(22)8-11(21)9-23-16/h8-10H,3-7H2,1-2H3,(H,23,24,27)/t10-/m0/s1. The molecule has 1 aliphatic rings. The van der Waals surface area contributed by atoms with Crippen LogP contribution in [0.2, 0.25) is 10.0 Å². The molecular weight excluding hydrogens is 463 g/mol. The van der Waals surface area contributed by atoms with Crippen molar-refractivity contribution in [3.8, 4) is 0 Å². The fourth-order valence-corrected chi connectivity index (χ4v) is 6.17. The van der Waals surface area contributed by atoms with Gasteiger partial charge in [0.1, 0.15) is 4.83 Å². The Kier molecular flexibility index (Phi) is 6.39. The van der Waals surface area contributed by atoms with Crippen molar-refractivity contribution < 1.29 is 4.79 Å². The third-order valence-electron chi connectivity index (χ3n) is 4.94. The highest BCUT2D eigenvalue weighted by atomic mass is 35.5. The SMILES string of the molecule is CCCn1c(S[C@@H](C)C(=O)Nc2ncc(Cl)cc2Cl)nc2sc3c(c2c1=O)CCC3. The average molecular weight is 483 g/mol. The fourth-order valence-electron chi connectivity index (χ4n) is 3.51. The van der Waals surface area contributed by atoms with Crippen molar-refractivity contribution in [2.24, 2.45) is 0 Å². The monoisotopic (exact) mass is 482 g/mol. The summed E-state index contributed by atoms with van der Waals surface area (Å²) in [5.74, 6) is -0.0228. The highest BCUT2D eigenvalue weighted by molar-refractivity contribution is 8.00. The number of nitrogens with zero attached hydrogens (tertiary/aromatic N) is 3. The van der Waals surface area contributed by atoms with Crippen molar-refractivity contribution in [3.63, 3.8) is 0 Å². The van der Waals surface area contributed by atoms with Crippen LogP contribution in [0, 0.1) is 0 Å². The van der Waals surface area contributed by atoms with Crippen LogP contribution in [0.5, 0.6) is 0 Å². The van der Waals surface area contributed by atoms with Crippen LogP contribution in [-0.2, 0) is 24.2 Å². The third-order valence-corrected chi connectivity index (χ3v) is 7.71. The van der Waals surface area contributed by atoms with Gasteiger partial charge < -0.3 is 5.32 Å². The number of pyridine rings is 1. The number of amides is 1. The topological polar surface area (TPSA) is 76.9 Å². The van der Waals surface area contributed by atoms with Crippen LogP contribution < -0.4 is 10.9 Å². The maximum Gasteiger partial charge on any atom is 0.263 e. The number of thiophene rings is 1. The summed E-state index contributed by atoms with van der Waals surface area (Å²) in [6.07, 6.45) is 5.28. The minimum atomic E-state index is -0.502. The molecular formula is C20H20Cl2N4O2S2. The van der Waals surface area contributed by atoms with Crippen molar-refractivity contribution >= 4 is 68.2 Å². The summed E-state index contributed by atoms with van der Waals surface area (Å²) >= 11 is 14.8. The van der Waals surface area contributed by atoms with E-state index in [1.807, 2.05) is 6.92 Å². The molecule has 0 bridgehead atoms. The summed E-state index contributed by atoms with van der Waals surface area (Å²) in [6.45, 7) is 4.35. The van der Waals surface area contributed by atoms with Crippen molar-refractivity contribution in [1.29, 1.82) is 0 Å². The van der Waals surface area contributed by atoms with Crippen LogP contribution >= 0.6 is 46.3 Å². The molecule has 4 rings (SSSR count). The van der Waals surface area contributed by atoms with Crippen LogP contribution in [0.1, 0.15) is 37.1 Å². The van der Waals surface area contributed by atoms with Gasteiger partial charge >= 0.3 is 0 Å². The summed E-state index contributed by atoms with van der Waals surface area (Å²) in [4.78, 5) is 36.9. The zero-order valence-electron chi connectivity index (χ0n) is 16.5. The average Bonchev–Trinajstić information content (AvgIpc) is 3.27. The molecule has 0 spiro atoms. The molecule has 0 fully saturated rings. The summed E-state index contributed by atoms with van der Waals surface area (Å²) in [5.41, 5.74) is 1.17. The largest absolute Gasteiger partial charge is 0.308 e. The Bertz CT molecular complexity index is 1190. The first kappa shape index (κ1) is 21.6. The molecule has 1 atom stereocenters. The van der Waals surface area contributed by atoms with Crippen molar-refractivity contribution in [2.45, 2.75) is 56.5 Å². The van der Waals surface area contributed by atoms with E-state index in [1.165, 1.54) is 34.5 Å². The predicted octanol–water partition coefficient (Wildman–Crippen LogP) is 5.18. The fraction of sp³-hybridized carbons (Fsp3) is 0.400. The molecule has 0 aromatic carbocycles. The Morgan fingerprint density at radius 1 is 1.40 bits per heavy atom. The van der Waals surface area contributed by atoms with Gasteiger partial charge in [-0.3, -0.25) is 14.2 Å². The van der Waals surface area contributed by atoms with Gasteiger partial charge in [-0.1, -0.05) is 41.9 Å². The molecule has 0 saturated heterocycles. The van der Waals surface area contributed by atoms with E-state index in [-0.39, 0.29) is 22.3 Å². The minimum absolute atomic E-state index is 0.00114. The molecule has 0 saturated carbocycles. The molecule has 30 heavy (non-hydrogen) atoms. The van der Waals surface area contributed by atoms with Gasteiger partial charge in [-0.15, -0.1) is 11.3 Å². The first-order chi connectivity index (χ1) is 14.4. The van der Waals surface area contributed by atoms with Gasteiger partial charge in [0.15, 0.2) is 11.0 Å². The van der Waals surface area contributed by atoms with Crippen LogP contribution in [0.25, 0.3) is 10.2 Å². The number of aromatic nitrogens is 3. The Morgan fingerprint density at radius 2 is 2.20 bits per heavy atom. The van der Waals surface area contributed by atoms with E-state index in [9.17, 15) is 9.59 Å². The number of thioether (sulfide) groups is 1. The zero-order valence-corrected chi connectivity index (χ0v) is 19.6. The lowest BCUT2D eigenvalue weighted by Crippen LogP contribution is -2.27. The molecule has 3 heterocycles. The quantitative estimate of drug-likeness (QED) is 0.386. The van der Waals surface area contributed by atoms with Gasteiger partial charge in [0, 0.05) is 17.6 Å². The molecule has 158 valence electrons. The van der Waals surface area contributed by atoms with Crippen LogP contribution in [0.4, 0.5) is 5.82 Å². The molecule has 10 heteroatoms. The maximum absolute atomic E-state index is 13.3. The zero-order chi connectivity index (χ0) is 21.4. The van der Waals surface area contributed by atoms with E-state index in [0.29, 0.717) is 16.7 Å². The third kappa shape index (κ3) is 4.10. The van der Waals surface area contributed by atoms with Gasteiger partial charge in [0.2, 0.25) is 5.91 Å². The van der Waals surface area contributed by atoms with Gasteiger partial charge in [-0.25, -0.2) is 9.97 Å². The number of carbonyl (C=O) groups is 1. The number of anilines is 1. The van der Waals surface area contributed by atoms with Crippen molar-refractivity contribution in [2.75, 3.05) is 5.32 Å². The first-order valence-corrected chi connectivity index (χ1v) is 12.2. The first-order valence-electron chi connectivity index (χ1n) is 9.72. The summed E-state index contributed by atoms with van der Waals surface area (Å²) in [6, 6.07) is 1.52. The predicted molar refractivity (Wildman–Crippen MR) is 124 cm³/mol. The number of aryl methyl sites for hydroxylation is 2. The van der Waals surface area contributed by atoms with Gasteiger partial charge in [-0.2, -0.15) is 0 Å². The van der Waals surface area contributed by atoms with Crippen molar-refractivity contribution in [3.05, 3.63) is 43.1 Å².